The van der Waals surface area contributed by atoms with Gasteiger partial charge in [-0.15, -0.1) is 0 Å². The number of carbonyl (C=O) groups excluding carboxylic acids is 1. The lowest BCUT2D eigenvalue weighted by Gasteiger charge is -2.14. The number of amides is 1. The van der Waals surface area contributed by atoms with Gasteiger partial charge in [0.2, 0.25) is 15.9 Å². The van der Waals surface area contributed by atoms with Crippen molar-refractivity contribution in [3.8, 4) is 11.5 Å². The minimum absolute atomic E-state index is 0.0204. The topological polar surface area (TPSA) is 84.9 Å². The summed E-state index contributed by atoms with van der Waals surface area (Å²) in [4.78, 5) is 13.1. The molecule has 0 aromatic heterocycles. The number of nitrogens with zero attached hydrogens (tertiary/aromatic N) is 1. The number of rotatable bonds is 6. The third-order valence-electron chi connectivity index (χ3n) is 3.64. The third kappa shape index (κ3) is 3.50. The van der Waals surface area contributed by atoms with Crippen molar-refractivity contribution in [3.05, 3.63) is 18.2 Å². The Balaban J connectivity index is 2.15. The van der Waals surface area contributed by atoms with Gasteiger partial charge in [-0.1, -0.05) is 0 Å². The monoisotopic (exact) mass is 328 g/mol. The Morgan fingerprint density at radius 1 is 1.32 bits per heavy atom. The van der Waals surface area contributed by atoms with Crippen LogP contribution in [0.3, 0.4) is 0 Å². The lowest BCUT2D eigenvalue weighted by atomic mass is 10.1. The number of carbonyl (C=O) groups is 1. The second kappa shape index (κ2) is 6.53. The van der Waals surface area contributed by atoms with Crippen molar-refractivity contribution < 1.29 is 22.7 Å². The number of hydrogen-bond acceptors (Lipinski definition) is 5. The Kier molecular flexibility index (Phi) is 4.92. The van der Waals surface area contributed by atoms with Gasteiger partial charge in [-0.2, -0.15) is 0 Å². The highest BCUT2D eigenvalue weighted by Crippen LogP contribution is 2.28. The fraction of sp³-hybridized carbons (Fsp3) is 0.500. The zero-order chi connectivity index (χ0) is 16.3. The summed E-state index contributed by atoms with van der Waals surface area (Å²) < 4.78 is 37.6. The van der Waals surface area contributed by atoms with Crippen LogP contribution in [-0.2, 0) is 14.8 Å². The molecule has 1 fully saturated rings. The Morgan fingerprint density at radius 2 is 2.05 bits per heavy atom. The molecule has 1 N–H and O–H groups in total. The van der Waals surface area contributed by atoms with E-state index >= 15 is 0 Å². The van der Waals surface area contributed by atoms with Gasteiger partial charge in [0, 0.05) is 32.6 Å². The molecule has 1 atom stereocenters. The van der Waals surface area contributed by atoms with Gasteiger partial charge >= 0.3 is 0 Å². The summed E-state index contributed by atoms with van der Waals surface area (Å²) >= 11 is 0. The van der Waals surface area contributed by atoms with Crippen LogP contribution in [-0.4, -0.2) is 53.6 Å². The molecule has 1 aliphatic heterocycles. The van der Waals surface area contributed by atoms with E-state index in [1.165, 1.54) is 20.3 Å². The standard InChI is InChI=1S/C14H20N2O5S/c1-16-9-10(6-14(16)17)8-15-22(18,19)13-7-11(20-2)4-5-12(13)21-3/h4-5,7,10,15H,6,8-9H2,1-3H3. The molecule has 0 spiro atoms. The molecule has 1 heterocycles. The van der Waals surface area contributed by atoms with Crippen LogP contribution in [0.5, 0.6) is 11.5 Å². The van der Waals surface area contributed by atoms with Crippen molar-refractivity contribution in [2.75, 3.05) is 34.4 Å². The summed E-state index contributed by atoms with van der Waals surface area (Å²) in [7, 11) is 0.839. The molecular weight excluding hydrogens is 308 g/mol. The van der Waals surface area contributed by atoms with Crippen LogP contribution in [0.2, 0.25) is 0 Å². The van der Waals surface area contributed by atoms with Crippen LogP contribution >= 0.6 is 0 Å². The molecule has 2 rings (SSSR count). The van der Waals surface area contributed by atoms with Gasteiger partial charge in [0.25, 0.3) is 0 Å². The van der Waals surface area contributed by atoms with Crippen LogP contribution in [0.4, 0.5) is 0 Å². The molecule has 1 amide bonds. The number of nitrogens with one attached hydrogen (secondary N) is 1. The Morgan fingerprint density at radius 3 is 2.59 bits per heavy atom. The summed E-state index contributed by atoms with van der Waals surface area (Å²) in [5, 5.41) is 0. The second-order valence-corrected chi connectivity index (χ2v) is 6.95. The largest absolute Gasteiger partial charge is 0.497 e. The number of likely N-dealkylation sites (tertiary alicyclic amines) is 1. The summed E-state index contributed by atoms with van der Waals surface area (Å²) in [5.74, 6) is 0.678. The molecule has 0 saturated carbocycles. The fourth-order valence-electron chi connectivity index (χ4n) is 2.39. The number of benzene rings is 1. The van der Waals surface area contributed by atoms with E-state index < -0.39 is 10.0 Å². The first kappa shape index (κ1) is 16.6. The normalized spacial score (nSPS) is 18.6. The van der Waals surface area contributed by atoms with Gasteiger partial charge in [0.1, 0.15) is 16.4 Å². The molecule has 0 radical (unpaired) electrons. The minimum Gasteiger partial charge on any atom is -0.497 e. The molecule has 22 heavy (non-hydrogen) atoms. The number of hydrogen-bond donors (Lipinski definition) is 1. The first-order valence-electron chi connectivity index (χ1n) is 6.83. The molecule has 122 valence electrons. The molecule has 0 bridgehead atoms. The number of ether oxygens (including phenoxy) is 2. The van der Waals surface area contributed by atoms with E-state index in [9.17, 15) is 13.2 Å². The first-order valence-corrected chi connectivity index (χ1v) is 8.31. The molecule has 1 aliphatic rings. The van der Waals surface area contributed by atoms with Gasteiger partial charge in [0.05, 0.1) is 14.2 Å². The quantitative estimate of drug-likeness (QED) is 0.820. The van der Waals surface area contributed by atoms with Crippen molar-refractivity contribution in [2.45, 2.75) is 11.3 Å². The van der Waals surface area contributed by atoms with Gasteiger partial charge in [0.15, 0.2) is 0 Å². The van der Waals surface area contributed by atoms with E-state index in [-0.39, 0.29) is 29.0 Å². The highest BCUT2D eigenvalue weighted by atomic mass is 32.2. The number of sulfonamides is 1. The lowest BCUT2D eigenvalue weighted by Crippen LogP contribution is -2.30. The molecule has 1 aromatic carbocycles. The van der Waals surface area contributed by atoms with E-state index in [4.69, 9.17) is 9.47 Å². The summed E-state index contributed by atoms with van der Waals surface area (Å²) in [6.07, 6.45) is 0.355. The Labute approximate surface area is 130 Å². The van der Waals surface area contributed by atoms with E-state index in [0.29, 0.717) is 18.7 Å². The SMILES string of the molecule is COc1ccc(OC)c(S(=O)(=O)NCC2CC(=O)N(C)C2)c1. The molecule has 8 heteroatoms. The predicted octanol–water partition coefficient (Wildman–Crippen LogP) is 0.460. The molecule has 1 unspecified atom stereocenters. The van der Waals surface area contributed by atoms with Crippen molar-refractivity contribution >= 4 is 15.9 Å². The smallest absolute Gasteiger partial charge is 0.244 e. The first-order chi connectivity index (χ1) is 10.4. The van der Waals surface area contributed by atoms with Crippen LogP contribution in [0.1, 0.15) is 6.42 Å². The van der Waals surface area contributed by atoms with Gasteiger partial charge in [-0.25, -0.2) is 13.1 Å². The summed E-state index contributed by atoms with van der Waals surface area (Å²) in [6, 6.07) is 4.58. The second-order valence-electron chi connectivity index (χ2n) is 5.21. The maximum absolute atomic E-state index is 12.5. The van der Waals surface area contributed by atoms with Crippen molar-refractivity contribution in [2.24, 2.45) is 5.92 Å². The molecule has 1 aromatic rings. The van der Waals surface area contributed by atoms with Crippen LogP contribution < -0.4 is 14.2 Å². The summed E-state index contributed by atoms with van der Waals surface area (Å²) in [5.41, 5.74) is 0. The maximum Gasteiger partial charge on any atom is 0.244 e. The highest BCUT2D eigenvalue weighted by molar-refractivity contribution is 7.89. The zero-order valence-electron chi connectivity index (χ0n) is 12.8. The Bertz CT molecular complexity index is 659. The fourth-order valence-corrected chi connectivity index (χ4v) is 3.69. The van der Waals surface area contributed by atoms with Gasteiger partial charge < -0.3 is 14.4 Å². The highest BCUT2D eigenvalue weighted by Gasteiger charge is 2.29. The van der Waals surface area contributed by atoms with Crippen molar-refractivity contribution in [3.63, 3.8) is 0 Å². The Hall–Kier alpha value is -1.80. The number of methoxy groups -OCH3 is 2. The third-order valence-corrected chi connectivity index (χ3v) is 5.09. The van der Waals surface area contributed by atoms with Crippen LogP contribution in [0.15, 0.2) is 23.1 Å². The minimum atomic E-state index is -3.74. The average molecular weight is 328 g/mol. The van der Waals surface area contributed by atoms with E-state index in [1.54, 1.807) is 24.1 Å². The molecular formula is C14H20N2O5S. The predicted molar refractivity (Wildman–Crippen MR) is 80.5 cm³/mol. The van der Waals surface area contributed by atoms with Crippen LogP contribution in [0, 0.1) is 5.92 Å². The molecule has 1 saturated heterocycles. The average Bonchev–Trinajstić information content (AvgIpc) is 2.83. The zero-order valence-corrected chi connectivity index (χ0v) is 13.6. The summed E-state index contributed by atoms with van der Waals surface area (Å²) in [6.45, 7) is 0.759. The molecule has 7 nitrogen and oxygen atoms in total. The van der Waals surface area contributed by atoms with Crippen molar-refractivity contribution in [1.82, 2.24) is 9.62 Å². The van der Waals surface area contributed by atoms with Gasteiger partial charge in [-0.05, 0) is 18.1 Å². The van der Waals surface area contributed by atoms with Crippen LogP contribution in [0.25, 0.3) is 0 Å². The van der Waals surface area contributed by atoms with Crippen molar-refractivity contribution in [1.29, 1.82) is 0 Å². The van der Waals surface area contributed by atoms with Gasteiger partial charge in [-0.3, -0.25) is 4.79 Å². The van der Waals surface area contributed by atoms with E-state index in [0.717, 1.165) is 0 Å². The lowest BCUT2D eigenvalue weighted by molar-refractivity contribution is -0.126. The van der Waals surface area contributed by atoms with E-state index in [1.807, 2.05) is 0 Å². The maximum atomic E-state index is 12.5. The van der Waals surface area contributed by atoms with E-state index in [2.05, 4.69) is 4.72 Å². The molecule has 0 aliphatic carbocycles.